The van der Waals surface area contributed by atoms with E-state index in [1.54, 1.807) is 0 Å². The van der Waals surface area contributed by atoms with Gasteiger partial charge in [0.1, 0.15) is 0 Å². The molecule has 2 aromatic rings. The summed E-state index contributed by atoms with van der Waals surface area (Å²) in [6, 6.07) is 17.7. The van der Waals surface area contributed by atoms with E-state index in [0.29, 0.717) is 6.61 Å². The average Bonchev–Trinajstić information content (AvgIpc) is 2.42. The molecule has 2 rings (SSSR count). The summed E-state index contributed by atoms with van der Waals surface area (Å²) < 4.78 is 5.95. The minimum Gasteiger partial charge on any atom is -0.367 e. The molecule has 0 fully saturated rings. The largest absolute Gasteiger partial charge is 0.367 e. The van der Waals surface area contributed by atoms with Crippen molar-refractivity contribution in [2.45, 2.75) is 25.7 Å². The molecule has 2 atom stereocenters. The van der Waals surface area contributed by atoms with E-state index in [9.17, 15) is 0 Å². The Morgan fingerprint density at radius 1 is 1.05 bits per heavy atom. The lowest BCUT2D eigenvalue weighted by Crippen LogP contribution is -2.26. The van der Waals surface area contributed by atoms with Gasteiger partial charge in [-0.15, -0.1) is 0 Å². The zero-order valence-electron chi connectivity index (χ0n) is 10.9. The van der Waals surface area contributed by atoms with Gasteiger partial charge in [0.25, 0.3) is 0 Å². The minimum atomic E-state index is -0.100. The summed E-state index contributed by atoms with van der Waals surface area (Å²) in [7, 11) is 0. The van der Waals surface area contributed by atoms with Crippen LogP contribution in [0.3, 0.4) is 0 Å². The molecule has 2 N–H and O–H groups in total. The molecule has 0 spiro atoms. The maximum Gasteiger partial charge on any atom is 0.0977 e. The topological polar surface area (TPSA) is 35.2 Å². The van der Waals surface area contributed by atoms with Crippen LogP contribution < -0.4 is 5.73 Å². The molecule has 0 heterocycles. The highest BCUT2D eigenvalue weighted by atomic mass is 35.5. The molecule has 19 heavy (non-hydrogen) atoms. The maximum atomic E-state index is 6.01. The highest BCUT2D eigenvalue weighted by Gasteiger charge is 2.16. The lowest BCUT2D eigenvalue weighted by atomic mass is 10.0. The predicted molar refractivity (Wildman–Crippen MR) is 79.1 cm³/mol. The lowest BCUT2D eigenvalue weighted by molar-refractivity contribution is 0.0259. The van der Waals surface area contributed by atoms with E-state index in [4.69, 9.17) is 22.1 Å². The number of halogens is 1. The third-order valence-electron chi connectivity index (χ3n) is 2.95. The summed E-state index contributed by atoms with van der Waals surface area (Å²) in [4.78, 5) is 0. The van der Waals surface area contributed by atoms with Crippen LogP contribution in [0.15, 0.2) is 54.6 Å². The summed E-state index contributed by atoms with van der Waals surface area (Å²) in [6.07, 6.45) is -0.100. The van der Waals surface area contributed by atoms with Gasteiger partial charge in [-0.05, 0) is 30.2 Å². The normalized spacial score (nSPS) is 14.1. The summed E-state index contributed by atoms with van der Waals surface area (Å²) in [6.45, 7) is 2.48. The molecule has 2 aromatic carbocycles. The highest BCUT2D eigenvalue weighted by molar-refractivity contribution is 6.30. The third-order valence-corrected chi connectivity index (χ3v) is 3.20. The number of hydrogen-bond acceptors (Lipinski definition) is 2. The van der Waals surface area contributed by atoms with Crippen LogP contribution in [0.2, 0.25) is 5.02 Å². The van der Waals surface area contributed by atoms with E-state index >= 15 is 0 Å². The Bertz CT molecular complexity index is 496. The van der Waals surface area contributed by atoms with Gasteiger partial charge in [0.05, 0.1) is 12.7 Å². The summed E-state index contributed by atoms with van der Waals surface area (Å²) >= 11 is 5.86. The molecule has 0 aliphatic heterocycles. The van der Waals surface area contributed by atoms with Gasteiger partial charge in [0, 0.05) is 11.1 Å². The first-order chi connectivity index (χ1) is 9.16. The zero-order valence-corrected chi connectivity index (χ0v) is 11.7. The summed E-state index contributed by atoms with van der Waals surface area (Å²) in [5.41, 5.74) is 8.20. The smallest absolute Gasteiger partial charge is 0.0977 e. The van der Waals surface area contributed by atoms with Crippen molar-refractivity contribution in [3.63, 3.8) is 0 Å². The van der Waals surface area contributed by atoms with Crippen LogP contribution in [0, 0.1) is 0 Å². The molecule has 2 nitrogen and oxygen atoms in total. The molecule has 2 unspecified atom stereocenters. The Morgan fingerprint density at radius 3 is 2.26 bits per heavy atom. The van der Waals surface area contributed by atoms with E-state index in [1.807, 2.05) is 61.5 Å². The van der Waals surface area contributed by atoms with Gasteiger partial charge in [0.15, 0.2) is 0 Å². The molecule has 0 aromatic heterocycles. The first-order valence-electron chi connectivity index (χ1n) is 6.33. The van der Waals surface area contributed by atoms with Gasteiger partial charge in [-0.25, -0.2) is 0 Å². The second-order valence-corrected chi connectivity index (χ2v) is 5.06. The van der Waals surface area contributed by atoms with Crippen LogP contribution in [-0.4, -0.2) is 6.04 Å². The quantitative estimate of drug-likeness (QED) is 0.897. The number of ether oxygens (including phenoxy) is 1. The van der Waals surface area contributed by atoms with E-state index in [-0.39, 0.29) is 12.1 Å². The molecule has 0 saturated carbocycles. The fourth-order valence-corrected chi connectivity index (χ4v) is 2.09. The molecule has 0 saturated heterocycles. The van der Waals surface area contributed by atoms with Crippen LogP contribution in [0.25, 0.3) is 0 Å². The van der Waals surface area contributed by atoms with Crippen LogP contribution in [0.5, 0.6) is 0 Å². The average molecular weight is 276 g/mol. The lowest BCUT2D eigenvalue weighted by Gasteiger charge is -2.22. The number of rotatable bonds is 5. The van der Waals surface area contributed by atoms with Gasteiger partial charge in [-0.1, -0.05) is 54.1 Å². The van der Waals surface area contributed by atoms with Crippen LogP contribution in [-0.2, 0) is 11.3 Å². The maximum absolute atomic E-state index is 6.01. The second-order valence-electron chi connectivity index (χ2n) is 4.63. The van der Waals surface area contributed by atoms with E-state index in [1.165, 1.54) is 0 Å². The number of nitrogens with two attached hydrogens (primary N) is 1. The van der Waals surface area contributed by atoms with Crippen molar-refractivity contribution >= 4 is 11.6 Å². The SMILES string of the molecule is CC(N)C(OCc1ccc(Cl)cc1)c1ccccc1. The van der Waals surface area contributed by atoms with E-state index < -0.39 is 0 Å². The molecule has 0 aliphatic carbocycles. The van der Waals surface area contributed by atoms with Crippen LogP contribution in [0.1, 0.15) is 24.2 Å². The van der Waals surface area contributed by atoms with Crippen molar-refractivity contribution in [1.82, 2.24) is 0 Å². The first kappa shape index (κ1) is 14.1. The Labute approximate surface area is 119 Å². The fourth-order valence-electron chi connectivity index (χ4n) is 1.96. The molecule has 0 bridgehead atoms. The van der Waals surface area contributed by atoms with Crippen molar-refractivity contribution in [1.29, 1.82) is 0 Å². The van der Waals surface area contributed by atoms with Crippen molar-refractivity contribution in [2.75, 3.05) is 0 Å². The second kappa shape index (κ2) is 6.71. The van der Waals surface area contributed by atoms with Gasteiger partial charge in [0.2, 0.25) is 0 Å². The molecule has 3 heteroatoms. The Balaban J connectivity index is 2.04. The van der Waals surface area contributed by atoms with E-state index in [0.717, 1.165) is 16.1 Å². The Kier molecular flexibility index (Phi) is 4.97. The molecular formula is C16H18ClNO. The predicted octanol–water partition coefficient (Wildman–Crippen LogP) is 3.95. The monoisotopic (exact) mass is 275 g/mol. The Hall–Kier alpha value is -1.35. The number of hydrogen-bond donors (Lipinski definition) is 1. The number of benzene rings is 2. The fraction of sp³-hybridized carbons (Fsp3) is 0.250. The highest BCUT2D eigenvalue weighted by Crippen LogP contribution is 2.22. The molecule has 0 radical (unpaired) electrons. The van der Waals surface area contributed by atoms with Crippen molar-refractivity contribution < 1.29 is 4.74 Å². The van der Waals surface area contributed by atoms with Crippen LogP contribution in [0.4, 0.5) is 0 Å². The van der Waals surface area contributed by atoms with Gasteiger partial charge < -0.3 is 10.5 Å². The summed E-state index contributed by atoms with van der Waals surface area (Å²) in [5, 5.41) is 0.732. The first-order valence-corrected chi connectivity index (χ1v) is 6.71. The third kappa shape index (κ3) is 4.06. The van der Waals surface area contributed by atoms with Crippen molar-refractivity contribution in [2.24, 2.45) is 5.73 Å². The zero-order chi connectivity index (χ0) is 13.7. The molecule has 0 aliphatic rings. The van der Waals surface area contributed by atoms with Crippen molar-refractivity contribution in [3.05, 3.63) is 70.7 Å². The molecule has 100 valence electrons. The standard InChI is InChI=1S/C16H18ClNO/c1-12(18)16(14-5-3-2-4-6-14)19-11-13-7-9-15(17)10-8-13/h2-10,12,16H,11,18H2,1H3. The van der Waals surface area contributed by atoms with E-state index in [2.05, 4.69) is 0 Å². The molecule has 0 amide bonds. The van der Waals surface area contributed by atoms with Crippen molar-refractivity contribution in [3.8, 4) is 0 Å². The van der Waals surface area contributed by atoms with Gasteiger partial charge in [-0.2, -0.15) is 0 Å². The van der Waals surface area contributed by atoms with Crippen LogP contribution >= 0.6 is 11.6 Å². The Morgan fingerprint density at radius 2 is 1.68 bits per heavy atom. The van der Waals surface area contributed by atoms with Gasteiger partial charge >= 0.3 is 0 Å². The summed E-state index contributed by atoms with van der Waals surface area (Å²) in [5.74, 6) is 0. The minimum absolute atomic E-state index is 0.0605. The van der Waals surface area contributed by atoms with Gasteiger partial charge in [-0.3, -0.25) is 0 Å². The molecular weight excluding hydrogens is 258 g/mol.